The van der Waals surface area contributed by atoms with Crippen molar-refractivity contribution in [3.63, 3.8) is 0 Å². The maximum Gasteiger partial charge on any atom is 0.273 e. The van der Waals surface area contributed by atoms with Gasteiger partial charge in [0, 0.05) is 11.9 Å². The molecule has 0 unspecified atom stereocenters. The maximum atomic E-state index is 11.9. The number of aryl methyl sites for hydroxylation is 1. The second kappa shape index (κ2) is 6.13. The Hall–Kier alpha value is -3.08. The van der Waals surface area contributed by atoms with Crippen molar-refractivity contribution in [3.8, 4) is 11.5 Å². The van der Waals surface area contributed by atoms with Crippen LogP contribution in [0.15, 0.2) is 60.8 Å². The third kappa shape index (κ3) is 3.32. The fourth-order valence-corrected chi connectivity index (χ4v) is 2.00. The second-order valence-electron chi connectivity index (χ2n) is 4.87. The van der Waals surface area contributed by atoms with Gasteiger partial charge in [-0.05, 0) is 55.0 Å². The summed E-state index contributed by atoms with van der Waals surface area (Å²) in [4.78, 5) is 11.9. The number of nitrogens with zero attached hydrogens (tertiary/aromatic N) is 1. The summed E-state index contributed by atoms with van der Waals surface area (Å²) in [7, 11) is 0. The summed E-state index contributed by atoms with van der Waals surface area (Å²) in [6, 6.07) is 16.7. The molecule has 1 aromatic heterocycles. The topological polar surface area (TPSA) is 67.0 Å². The van der Waals surface area contributed by atoms with Crippen LogP contribution in [0.5, 0.6) is 11.5 Å². The van der Waals surface area contributed by atoms with Crippen molar-refractivity contribution in [2.75, 3.05) is 5.32 Å². The summed E-state index contributed by atoms with van der Waals surface area (Å²) in [5, 5.41) is 9.15. The van der Waals surface area contributed by atoms with Crippen LogP contribution >= 0.6 is 0 Å². The highest BCUT2D eigenvalue weighted by Crippen LogP contribution is 2.23. The molecule has 0 fully saturated rings. The number of aromatic amines is 1. The molecule has 1 amide bonds. The number of hydrogen-bond donors (Lipinski definition) is 2. The summed E-state index contributed by atoms with van der Waals surface area (Å²) in [6.45, 7) is 2.01. The van der Waals surface area contributed by atoms with Gasteiger partial charge in [-0.15, -0.1) is 0 Å². The summed E-state index contributed by atoms with van der Waals surface area (Å²) < 4.78 is 5.76. The molecule has 0 aliphatic carbocycles. The van der Waals surface area contributed by atoms with E-state index in [-0.39, 0.29) is 5.91 Å². The number of nitrogens with one attached hydrogen (secondary N) is 2. The molecule has 110 valence electrons. The first-order valence-corrected chi connectivity index (χ1v) is 6.86. The van der Waals surface area contributed by atoms with Crippen molar-refractivity contribution in [2.45, 2.75) is 6.92 Å². The van der Waals surface area contributed by atoms with Crippen LogP contribution in [0.2, 0.25) is 0 Å². The van der Waals surface area contributed by atoms with Crippen LogP contribution in [0, 0.1) is 6.92 Å². The molecule has 2 aromatic carbocycles. The normalized spacial score (nSPS) is 10.2. The zero-order valence-corrected chi connectivity index (χ0v) is 12.0. The molecule has 3 rings (SSSR count). The van der Waals surface area contributed by atoms with Crippen molar-refractivity contribution in [1.29, 1.82) is 0 Å². The van der Waals surface area contributed by atoms with Crippen molar-refractivity contribution >= 4 is 11.6 Å². The number of anilines is 1. The zero-order valence-electron chi connectivity index (χ0n) is 12.0. The number of benzene rings is 2. The Kier molecular flexibility index (Phi) is 3.87. The van der Waals surface area contributed by atoms with E-state index in [0.717, 1.165) is 11.3 Å². The van der Waals surface area contributed by atoms with Crippen LogP contribution in [-0.4, -0.2) is 16.1 Å². The first kappa shape index (κ1) is 13.9. The van der Waals surface area contributed by atoms with E-state index in [4.69, 9.17) is 4.74 Å². The predicted octanol–water partition coefficient (Wildman–Crippen LogP) is 3.76. The number of rotatable bonds is 4. The summed E-state index contributed by atoms with van der Waals surface area (Å²) in [5.41, 5.74) is 2.25. The number of carbonyl (C=O) groups excluding carboxylic acids is 1. The molecule has 22 heavy (non-hydrogen) atoms. The molecule has 1 heterocycles. The number of hydrogen-bond acceptors (Lipinski definition) is 3. The largest absolute Gasteiger partial charge is 0.457 e. The minimum Gasteiger partial charge on any atom is -0.457 e. The van der Waals surface area contributed by atoms with Crippen LogP contribution < -0.4 is 10.1 Å². The van der Waals surface area contributed by atoms with E-state index < -0.39 is 0 Å². The van der Waals surface area contributed by atoms with Gasteiger partial charge < -0.3 is 10.1 Å². The van der Waals surface area contributed by atoms with Gasteiger partial charge in [-0.3, -0.25) is 9.89 Å². The highest BCUT2D eigenvalue weighted by atomic mass is 16.5. The monoisotopic (exact) mass is 293 g/mol. The van der Waals surface area contributed by atoms with Gasteiger partial charge >= 0.3 is 0 Å². The predicted molar refractivity (Wildman–Crippen MR) is 84.2 cm³/mol. The number of amides is 1. The number of aromatic nitrogens is 2. The Labute approximate surface area is 127 Å². The van der Waals surface area contributed by atoms with Crippen molar-refractivity contribution in [2.24, 2.45) is 0 Å². The highest BCUT2D eigenvalue weighted by molar-refractivity contribution is 6.02. The fourth-order valence-electron chi connectivity index (χ4n) is 2.00. The molecule has 2 N–H and O–H groups in total. The molecular weight excluding hydrogens is 278 g/mol. The average Bonchev–Trinajstić information content (AvgIpc) is 3.04. The Morgan fingerprint density at radius 2 is 1.91 bits per heavy atom. The number of ether oxygens (including phenoxy) is 1. The molecular formula is C17H15N3O2. The lowest BCUT2D eigenvalue weighted by molar-refractivity contribution is 0.102. The van der Waals surface area contributed by atoms with Crippen LogP contribution in [0.25, 0.3) is 0 Å². The molecule has 3 aromatic rings. The molecule has 0 radical (unpaired) electrons. The summed E-state index contributed by atoms with van der Waals surface area (Å²) >= 11 is 0. The minimum absolute atomic E-state index is 0.232. The Morgan fingerprint density at radius 1 is 1.09 bits per heavy atom. The number of carbonyl (C=O) groups is 1. The van der Waals surface area contributed by atoms with Crippen LogP contribution in [0.1, 0.15) is 16.1 Å². The maximum absolute atomic E-state index is 11.9. The van der Waals surface area contributed by atoms with E-state index in [1.54, 1.807) is 18.2 Å². The smallest absolute Gasteiger partial charge is 0.273 e. The molecule has 0 bridgehead atoms. The lowest BCUT2D eigenvalue weighted by Gasteiger charge is -2.08. The van der Waals surface area contributed by atoms with E-state index in [0.29, 0.717) is 17.1 Å². The Bertz CT molecular complexity index is 765. The molecule has 0 aliphatic heterocycles. The van der Waals surface area contributed by atoms with Crippen LogP contribution in [-0.2, 0) is 0 Å². The van der Waals surface area contributed by atoms with Gasteiger partial charge in [-0.1, -0.05) is 12.1 Å². The van der Waals surface area contributed by atoms with Gasteiger partial charge in [-0.25, -0.2) is 0 Å². The quantitative estimate of drug-likeness (QED) is 0.769. The van der Waals surface area contributed by atoms with Crippen LogP contribution in [0.3, 0.4) is 0 Å². The van der Waals surface area contributed by atoms with Gasteiger partial charge in [0.2, 0.25) is 0 Å². The highest BCUT2D eigenvalue weighted by Gasteiger charge is 2.07. The van der Waals surface area contributed by atoms with E-state index in [1.165, 1.54) is 6.20 Å². The molecule has 0 saturated heterocycles. The first-order chi connectivity index (χ1) is 10.7. The van der Waals surface area contributed by atoms with Crippen molar-refractivity contribution in [3.05, 3.63) is 72.1 Å². The Morgan fingerprint density at radius 3 is 2.59 bits per heavy atom. The molecule has 0 atom stereocenters. The number of H-pyrrole nitrogens is 1. The first-order valence-electron chi connectivity index (χ1n) is 6.86. The fraction of sp³-hybridized carbons (Fsp3) is 0.0588. The van der Waals surface area contributed by atoms with Crippen molar-refractivity contribution < 1.29 is 9.53 Å². The van der Waals surface area contributed by atoms with Crippen molar-refractivity contribution in [1.82, 2.24) is 10.2 Å². The molecule has 0 saturated carbocycles. The van der Waals surface area contributed by atoms with Crippen LogP contribution in [0.4, 0.5) is 5.69 Å². The average molecular weight is 293 g/mol. The Balaban J connectivity index is 1.66. The van der Waals surface area contributed by atoms with Gasteiger partial charge in [0.05, 0.1) is 0 Å². The third-order valence-electron chi connectivity index (χ3n) is 3.08. The van der Waals surface area contributed by atoms with Gasteiger partial charge in [0.25, 0.3) is 5.91 Å². The summed E-state index contributed by atoms with van der Waals surface area (Å²) in [5.74, 6) is 1.27. The SMILES string of the molecule is Cc1cccc(Oc2ccc(NC(=O)c3ccn[nH]3)cc2)c1. The molecule has 5 heteroatoms. The van der Waals surface area contributed by atoms with Gasteiger partial charge in [0.15, 0.2) is 0 Å². The molecule has 5 nitrogen and oxygen atoms in total. The van der Waals surface area contributed by atoms with E-state index in [2.05, 4.69) is 15.5 Å². The summed E-state index contributed by atoms with van der Waals surface area (Å²) in [6.07, 6.45) is 1.54. The molecule has 0 aliphatic rings. The van der Waals surface area contributed by atoms with E-state index in [9.17, 15) is 4.79 Å². The van der Waals surface area contributed by atoms with E-state index in [1.807, 2.05) is 43.3 Å². The third-order valence-corrected chi connectivity index (χ3v) is 3.08. The lowest BCUT2D eigenvalue weighted by atomic mass is 10.2. The second-order valence-corrected chi connectivity index (χ2v) is 4.87. The zero-order chi connectivity index (χ0) is 15.4. The lowest BCUT2D eigenvalue weighted by Crippen LogP contribution is -2.12. The van der Waals surface area contributed by atoms with Gasteiger partial charge in [0.1, 0.15) is 17.2 Å². The van der Waals surface area contributed by atoms with E-state index >= 15 is 0 Å². The standard InChI is InChI=1S/C17H15N3O2/c1-12-3-2-4-15(11-12)22-14-7-5-13(6-8-14)19-17(21)16-9-10-18-20-16/h2-11H,1H3,(H,18,20)(H,19,21). The minimum atomic E-state index is -0.232. The molecule has 0 spiro atoms. The van der Waals surface area contributed by atoms with Gasteiger partial charge in [-0.2, -0.15) is 5.10 Å².